The average Bonchev–Trinajstić information content (AvgIpc) is 2.00. The summed E-state index contributed by atoms with van der Waals surface area (Å²) in [5.41, 5.74) is -0.505. The van der Waals surface area contributed by atoms with Crippen molar-refractivity contribution in [2.24, 2.45) is 0 Å². The molecule has 0 aliphatic carbocycles. The van der Waals surface area contributed by atoms with Gasteiger partial charge in [-0.25, -0.2) is 4.79 Å². The lowest BCUT2D eigenvalue weighted by Crippen LogP contribution is -2.27. The lowest BCUT2D eigenvalue weighted by Gasteiger charge is -2.21. The highest BCUT2D eigenvalue weighted by Crippen LogP contribution is 2.11. The van der Waals surface area contributed by atoms with Gasteiger partial charge < -0.3 is 9.47 Å². The molecule has 14 heavy (non-hydrogen) atoms. The van der Waals surface area contributed by atoms with Crippen LogP contribution in [-0.2, 0) is 9.47 Å². The maximum atomic E-state index is 11.2. The van der Waals surface area contributed by atoms with Crippen molar-refractivity contribution in [3.8, 4) is 0 Å². The predicted octanol–water partition coefficient (Wildman–Crippen LogP) is 3.29. The van der Waals surface area contributed by atoms with E-state index < -0.39 is 11.8 Å². The lowest BCUT2D eigenvalue weighted by atomic mass is 10.2. The summed E-state index contributed by atoms with van der Waals surface area (Å²) < 4.78 is 10.0. The third-order valence-electron chi connectivity index (χ3n) is 1.47. The molecule has 0 aromatic heterocycles. The summed E-state index contributed by atoms with van der Waals surface area (Å²) in [6, 6.07) is 0. The maximum Gasteiger partial charge on any atom is 0.509 e. The van der Waals surface area contributed by atoms with Gasteiger partial charge in [0.15, 0.2) is 0 Å². The van der Waals surface area contributed by atoms with E-state index in [1.165, 1.54) is 0 Å². The summed E-state index contributed by atoms with van der Waals surface area (Å²) in [5, 5.41) is 0. The van der Waals surface area contributed by atoms with E-state index in [1.807, 2.05) is 6.92 Å². The Kier molecular flexibility index (Phi) is 5.28. The minimum absolute atomic E-state index is 0.241. The Morgan fingerprint density at radius 2 is 2.07 bits per heavy atom. The van der Waals surface area contributed by atoms with Crippen LogP contribution in [-0.4, -0.2) is 17.9 Å². The predicted molar refractivity (Wildman–Crippen MR) is 56.2 cm³/mol. The zero-order valence-electron chi connectivity index (χ0n) is 9.50. The van der Waals surface area contributed by atoms with Gasteiger partial charge >= 0.3 is 6.16 Å². The lowest BCUT2D eigenvalue weighted by molar-refractivity contribution is -0.0194. The van der Waals surface area contributed by atoms with Crippen molar-refractivity contribution in [1.29, 1.82) is 0 Å². The van der Waals surface area contributed by atoms with Crippen molar-refractivity contribution < 1.29 is 14.3 Å². The normalized spacial score (nSPS) is 13.1. The summed E-state index contributed by atoms with van der Waals surface area (Å²) in [4.78, 5) is 11.2. The Hall–Kier alpha value is -0.990. The Morgan fingerprint density at radius 3 is 2.43 bits per heavy atom. The quantitative estimate of drug-likeness (QED) is 0.516. The van der Waals surface area contributed by atoms with Crippen molar-refractivity contribution in [3.63, 3.8) is 0 Å². The van der Waals surface area contributed by atoms with E-state index in [9.17, 15) is 4.79 Å². The van der Waals surface area contributed by atoms with Gasteiger partial charge in [-0.2, -0.15) is 0 Å². The minimum Gasteiger partial charge on any atom is -0.429 e. The number of rotatable bonds is 4. The summed E-state index contributed by atoms with van der Waals surface area (Å²) in [6.07, 6.45) is 2.47. The Labute approximate surface area is 86.1 Å². The molecule has 1 atom stereocenters. The molecule has 0 fully saturated rings. The van der Waals surface area contributed by atoms with Crippen molar-refractivity contribution in [2.45, 2.75) is 52.2 Å². The Morgan fingerprint density at radius 1 is 1.50 bits per heavy atom. The van der Waals surface area contributed by atoms with Gasteiger partial charge in [0.05, 0.1) is 0 Å². The van der Waals surface area contributed by atoms with Gasteiger partial charge in [0.2, 0.25) is 0 Å². The summed E-state index contributed by atoms with van der Waals surface area (Å²) >= 11 is 0. The number of hydrogen-bond donors (Lipinski definition) is 0. The van der Waals surface area contributed by atoms with Crippen LogP contribution in [0.5, 0.6) is 0 Å². The van der Waals surface area contributed by atoms with Crippen LogP contribution in [0.2, 0.25) is 0 Å². The van der Waals surface area contributed by atoms with E-state index in [-0.39, 0.29) is 6.10 Å². The second-order valence-electron chi connectivity index (χ2n) is 4.15. The van der Waals surface area contributed by atoms with E-state index >= 15 is 0 Å². The summed E-state index contributed by atoms with van der Waals surface area (Å²) in [6.45, 7) is 11.0. The van der Waals surface area contributed by atoms with Crippen LogP contribution in [0.25, 0.3) is 0 Å². The third-order valence-corrected chi connectivity index (χ3v) is 1.47. The molecule has 3 nitrogen and oxygen atoms in total. The van der Waals surface area contributed by atoms with E-state index in [0.29, 0.717) is 0 Å². The fourth-order valence-corrected chi connectivity index (χ4v) is 0.907. The maximum absolute atomic E-state index is 11.2. The molecule has 0 N–H and O–H groups in total. The SMILES string of the molecule is C=CC(CCC)OC(=O)OC(C)(C)C. The Balaban J connectivity index is 3.97. The summed E-state index contributed by atoms with van der Waals surface area (Å²) in [7, 11) is 0. The molecule has 0 saturated heterocycles. The standard InChI is InChI=1S/C11H20O3/c1-6-8-9(7-2)13-10(12)14-11(3,4)5/h7,9H,2,6,8H2,1,3-5H3. The molecule has 0 aromatic carbocycles. The van der Waals surface area contributed by atoms with Gasteiger partial charge in [0.1, 0.15) is 11.7 Å². The third kappa shape index (κ3) is 6.52. The van der Waals surface area contributed by atoms with Crippen molar-refractivity contribution in [3.05, 3.63) is 12.7 Å². The molecule has 82 valence electrons. The molecule has 1 unspecified atom stereocenters. The van der Waals surface area contributed by atoms with E-state index in [2.05, 4.69) is 6.58 Å². The number of hydrogen-bond acceptors (Lipinski definition) is 3. The van der Waals surface area contributed by atoms with Crippen LogP contribution in [0.15, 0.2) is 12.7 Å². The van der Waals surface area contributed by atoms with E-state index in [4.69, 9.17) is 9.47 Å². The van der Waals surface area contributed by atoms with Crippen LogP contribution in [0, 0.1) is 0 Å². The first-order valence-corrected chi connectivity index (χ1v) is 4.91. The molecule has 0 aromatic rings. The van der Waals surface area contributed by atoms with Crippen LogP contribution in [0.4, 0.5) is 4.79 Å². The number of ether oxygens (including phenoxy) is 2. The highest BCUT2D eigenvalue weighted by molar-refractivity contribution is 5.60. The molecule has 0 saturated carbocycles. The molecule has 0 heterocycles. The first-order valence-electron chi connectivity index (χ1n) is 4.91. The van der Waals surface area contributed by atoms with Crippen LogP contribution in [0.1, 0.15) is 40.5 Å². The zero-order valence-corrected chi connectivity index (χ0v) is 9.50. The molecular formula is C11H20O3. The molecule has 0 bridgehead atoms. The van der Waals surface area contributed by atoms with Gasteiger partial charge in [-0.3, -0.25) is 0 Å². The van der Waals surface area contributed by atoms with Gasteiger partial charge in [-0.15, -0.1) is 0 Å². The van der Waals surface area contributed by atoms with E-state index in [1.54, 1.807) is 26.8 Å². The molecule has 0 amide bonds. The van der Waals surface area contributed by atoms with Gasteiger partial charge in [-0.05, 0) is 27.2 Å². The van der Waals surface area contributed by atoms with Crippen molar-refractivity contribution >= 4 is 6.16 Å². The average molecular weight is 200 g/mol. The van der Waals surface area contributed by atoms with E-state index in [0.717, 1.165) is 12.8 Å². The first kappa shape index (κ1) is 13.0. The molecule has 0 aliphatic rings. The fourth-order valence-electron chi connectivity index (χ4n) is 0.907. The highest BCUT2D eigenvalue weighted by atomic mass is 16.7. The van der Waals surface area contributed by atoms with Crippen LogP contribution < -0.4 is 0 Å². The van der Waals surface area contributed by atoms with Crippen molar-refractivity contribution in [2.75, 3.05) is 0 Å². The number of carbonyl (C=O) groups is 1. The first-order chi connectivity index (χ1) is 6.39. The zero-order chi connectivity index (χ0) is 11.2. The van der Waals surface area contributed by atoms with Gasteiger partial charge in [-0.1, -0.05) is 26.0 Å². The molecule has 0 spiro atoms. The molecule has 0 rings (SSSR count). The number of carbonyl (C=O) groups excluding carboxylic acids is 1. The topological polar surface area (TPSA) is 35.5 Å². The van der Waals surface area contributed by atoms with Crippen LogP contribution in [0.3, 0.4) is 0 Å². The van der Waals surface area contributed by atoms with Gasteiger partial charge in [0.25, 0.3) is 0 Å². The second kappa shape index (κ2) is 5.68. The fraction of sp³-hybridized carbons (Fsp3) is 0.727. The largest absolute Gasteiger partial charge is 0.509 e. The second-order valence-corrected chi connectivity index (χ2v) is 4.15. The monoisotopic (exact) mass is 200 g/mol. The molecular weight excluding hydrogens is 180 g/mol. The smallest absolute Gasteiger partial charge is 0.429 e. The highest BCUT2D eigenvalue weighted by Gasteiger charge is 2.19. The van der Waals surface area contributed by atoms with Crippen LogP contribution >= 0.6 is 0 Å². The van der Waals surface area contributed by atoms with Gasteiger partial charge in [0, 0.05) is 0 Å². The molecule has 0 aliphatic heterocycles. The van der Waals surface area contributed by atoms with Crippen molar-refractivity contribution in [1.82, 2.24) is 0 Å². The summed E-state index contributed by atoms with van der Waals surface area (Å²) in [5.74, 6) is 0. The Bertz CT molecular complexity index is 191. The molecule has 0 radical (unpaired) electrons. The minimum atomic E-state index is -0.629. The molecule has 3 heteroatoms.